The molecule has 38 heavy (non-hydrogen) atoms. The zero-order valence-corrected chi connectivity index (χ0v) is 20.5. The normalized spacial score (nSPS) is 9.32. The number of carbonyl (C=O) groups excluding carboxylic acids is 2. The fourth-order valence-corrected chi connectivity index (χ4v) is 3.12. The van der Waals surface area contributed by atoms with Crippen LogP contribution in [0.2, 0.25) is 0 Å². The molecule has 0 fully saturated rings. The minimum atomic E-state index is -0.542. The van der Waals surface area contributed by atoms with E-state index in [1.807, 2.05) is 0 Å². The summed E-state index contributed by atoms with van der Waals surface area (Å²) in [7, 11) is 0. The summed E-state index contributed by atoms with van der Waals surface area (Å²) in [5, 5.41) is 17.9. The first kappa shape index (κ1) is 27.0. The van der Waals surface area contributed by atoms with Gasteiger partial charge >= 0.3 is 11.9 Å². The van der Waals surface area contributed by atoms with Crippen molar-refractivity contribution in [3.63, 3.8) is 0 Å². The molecule has 0 radical (unpaired) electrons. The van der Waals surface area contributed by atoms with Crippen molar-refractivity contribution in [2.24, 2.45) is 0 Å². The molecule has 0 aliphatic rings. The van der Waals surface area contributed by atoms with Crippen LogP contribution < -0.4 is 0 Å². The Morgan fingerprint density at radius 3 is 1.71 bits per heavy atom. The third-order valence-corrected chi connectivity index (χ3v) is 5.14. The van der Waals surface area contributed by atoms with Crippen LogP contribution in [0.3, 0.4) is 0 Å². The van der Waals surface area contributed by atoms with Crippen molar-refractivity contribution in [2.45, 2.75) is 12.8 Å². The summed E-state index contributed by atoms with van der Waals surface area (Å²) in [6.45, 7) is 3.70. The van der Waals surface area contributed by atoms with Crippen LogP contribution in [0.4, 0.5) is 0 Å². The average Bonchev–Trinajstić information content (AvgIpc) is 2.97. The standard InChI is InChI=1S/C32H22N2O4/c1-2-31(35)37-19-3-4-20-38-32(36)30-21-26(10-5-24-6-11-27(22-33)12-7-24)16-18-29(30)17-15-25-8-13-28(23-34)14-9-25/h2,6-9,11-14,16,18,21H,1,3-4,19-20H2. The van der Waals surface area contributed by atoms with Gasteiger partial charge in [-0.3, -0.25) is 0 Å². The number of carbonyl (C=O) groups is 2. The highest BCUT2D eigenvalue weighted by Gasteiger charge is 2.13. The molecule has 0 unspecified atom stereocenters. The van der Waals surface area contributed by atoms with Crippen LogP contribution in [0.15, 0.2) is 79.4 Å². The molecule has 3 aromatic rings. The van der Waals surface area contributed by atoms with Crippen molar-refractivity contribution in [3.8, 4) is 35.8 Å². The van der Waals surface area contributed by atoms with Gasteiger partial charge in [0.2, 0.25) is 0 Å². The quantitative estimate of drug-likeness (QED) is 0.199. The van der Waals surface area contributed by atoms with E-state index in [1.165, 1.54) is 0 Å². The molecule has 0 amide bonds. The van der Waals surface area contributed by atoms with E-state index in [4.69, 9.17) is 20.0 Å². The molecule has 0 saturated carbocycles. The highest BCUT2D eigenvalue weighted by molar-refractivity contribution is 5.93. The fourth-order valence-electron chi connectivity index (χ4n) is 3.12. The Hall–Kier alpha value is -5.56. The molecule has 0 aromatic heterocycles. The monoisotopic (exact) mass is 498 g/mol. The first-order valence-corrected chi connectivity index (χ1v) is 11.7. The van der Waals surface area contributed by atoms with Gasteiger partial charge in [0.25, 0.3) is 0 Å². The van der Waals surface area contributed by atoms with Gasteiger partial charge in [-0.25, -0.2) is 9.59 Å². The van der Waals surface area contributed by atoms with Gasteiger partial charge < -0.3 is 9.47 Å². The molecule has 6 nitrogen and oxygen atoms in total. The number of ether oxygens (including phenoxy) is 2. The zero-order valence-electron chi connectivity index (χ0n) is 20.5. The summed E-state index contributed by atoms with van der Waals surface area (Å²) in [6, 6.07) is 22.9. The Labute approximate surface area is 221 Å². The molecule has 3 aromatic carbocycles. The fraction of sp³-hybridized carbons (Fsp3) is 0.125. The molecule has 3 rings (SSSR count). The first-order valence-electron chi connectivity index (χ1n) is 11.7. The number of hydrogen-bond donors (Lipinski definition) is 0. The summed E-state index contributed by atoms with van der Waals surface area (Å²) in [6.07, 6.45) is 2.15. The predicted molar refractivity (Wildman–Crippen MR) is 141 cm³/mol. The van der Waals surface area contributed by atoms with Gasteiger partial charge in [-0.2, -0.15) is 10.5 Å². The van der Waals surface area contributed by atoms with Crippen molar-refractivity contribution in [1.29, 1.82) is 10.5 Å². The number of unbranched alkanes of at least 4 members (excludes halogenated alkanes) is 1. The van der Waals surface area contributed by atoms with Gasteiger partial charge in [-0.15, -0.1) is 0 Å². The summed E-state index contributed by atoms with van der Waals surface area (Å²) >= 11 is 0. The van der Waals surface area contributed by atoms with Crippen LogP contribution in [0, 0.1) is 46.3 Å². The molecule has 0 spiro atoms. The highest BCUT2D eigenvalue weighted by Crippen LogP contribution is 2.14. The molecule has 6 heteroatoms. The van der Waals surface area contributed by atoms with Crippen molar-refractivity contribution >= 4 is 11.9 Å². The Bertz CT molecular complexity index is 1530. The number of esters is 2. The lowest BCUT2D eigenvalue weighted by atomic mass is 10.0. The minimum Gasteiger partial charge on any atom is -0.463 e. The van der Waals surface area contributed by atoms with Crippen molar-refractivity contribution in [3.05, 3.63) is 118 Å². The van der Waals surface area contributed by atoms with Gasteiger partial charge in [0.15, 0.2) is 0 Å². The van der Waals surface area contributed by atoms with Gasteiger partial charge in [-0.05, 0) is 79.6 Å². The maximum absolute atomic E-state index is 12.9. The van der Waals surface area contributed by atoms with Crippen LogP contribution in [-0.4, -0.2) is 25.2 Å². The molecule has 0 saturated heterocycles. The Morgan fingerprint density at radius 2 is 1.16 bits per heavy atom. The second-order valence-corrected chi connectivity index (χ2v) is 7.85. The Kier molecular flexibility index (Phi) is 10.0. The number of nitriles is 2. The van der Waals surface area contributed by atoms with E-state index in [0.717, 1.165) is 11.6 Å². The predicted octanol–water partition coefficient (Wildman–Crippen LogP) is 4.90. The molecule has 0 aliphatic heterocycles. The summed E-state index contributed by atoms with van der Waals surface area (Å²) in [5.74, 6) is 11.0. The van der Waals surface area contributed by atoms with Crippen molar-refractivity contribution < 1.29 is 19.1 Å². The van der Waals surface area contributed by atoms with Crippen molar-refractivity contribution in [1.82, 2.24) is 0 Å². The molecule has 0 aliphatic carbocycles. The summed E-state index contributed by atoms with van der Waals surface area (Å²) in [4.78, 5) is 24.0. The third-order valence-electron chi connectivity index (χ3n) is 5.14. The highest BCUT2D eigenvalue weighted by atomic mass is 16.5. The van der Waals surface area contributed by atoms with Crippen LogP contribution in [-0.2, 0) is 14.3 Å². The lowest BCUT2D eigenvalue weighted by Crippen LogP contribution is -2.10. The molecule has 0 N–H and O–H groups in total. The third kappa shape index (κ3) is 8.28. The molecule has 0 atom stereocenters. The van der Waals surface area contributed by atoms with E-state index < -0.39 is 11.9 Å². The number of hydrogen-bond acceptors (Lipinski definition) is 6. The van der Waals surface area contributed by atoms with Gasteiger partial charge in [0.1, 0.15) is 0 Å². The average molecular weight is 499 g/mol. The lowest BCUT2D eigenvalue weighted by Gasteiger charge is -2.08. The van der Waals surface area contributed by atoms with E-state index in [-0.39, 0.29) is 18.8 Å². The Balaban J connectivity index is 1.79. The SMILES string of the molecule is C=CC(=O)OCCCCOC(=O)c1cc(C#Cc2ccc(C#N)cc2)ccc1C#Cc1ccc(C#N)cc1. The maximum atomic E-state index is 12.9. The van der Waals surface area contributed by atoms with Gasteiger partial charge in [0, 0.05) is 28.3 Å². The molecule has 184 valence electrons. The Morgan fingerprint density at radius 1 is 0.684 bits per heavy atom. The molecular formula is C32H22N2O4. The van der Waals surface area contributed by atoms with Crippen LogP contribution >= 0.6 is 0 Å². The molecule has 0 bridgehead atoms. The number of rotatable bonds is 7. The maximum Gasteiger partial charge on any atom is 0.339 e. The second-order valence-electron chi connectivity index (χ2n) is 7.85. The molecular weight excluding hydrogens is 476 g/mol. The summed E-state index contributed by atoms with van der Waals surface area (Å²) in [5.41, 5.74) is 3.85. The molecule has 0 heterocycles. The minimum absolute atomic E-state index is 0.147. The van der Waals surface area contributed by atoms with Gasteiger partial charge in [0.05, 0.1) is 42.0 Å². The van der Waals surface area contributed by atoms with Crippen LogP contribution in [0.25, 0.3) is 0 Å². The van der Waals surface area contributed by atoms with Gasteiger partial charge in [-0.1, -0.05) is 30.3 Å². The van der Waals surface area contributed by atoms with E-state index in [2.05, 4.69) is 42.4 Å². The number of nitrogens with zero attached hydrogens (tertiary/aromatic N) is 2. The van der Waals surface area contributed by atoms with E-state index in [1.54, 1.807) is 66.7 Å². The van der Waals surface area contributed by atoms with E-state index in [9.17, 15) is 9.59 Å². The first-order chi connectivity index (χ1) is 18.5. The summed E-state index contributed by atoms with van der Waals surface area (Å²) < 4.78 is 10.4. The van der Waals surface area contributed by atoms with E-state index >= 15 is 0 Å². The zero-order chi connectivity index (χ0) is 27.2. The van der Waals surface area contributed by atoms with E-state index in [0.29, 0.717) is 40.7 Å². The number of benzene rings is 3. The van der Waals surface area contributed by atoms with Crippen molar-refractivity contribution in [2.75, 3.05) is 13.2 Å². The van der Waals surface area contributed by atoms with Crippen LogP contribution in [0.1, 0.15) is 56.6 Å². The van der Waals surface area contributed by atoms with Crippen LogP contribution in [0.5, 0.6) is 0 Å². The smallest absolute Gasteiger partial charge is 0.339 e. The topological polar surface area (TPSA) is 100 Å². The lowest BCUT2D eigenvalue weighted by molar-refractivity contribution is -0.137. The largest absolute Gasteiger partial charge is 0.463 e. The second kappa shape index (κ2) is 14.1.